The lowest BCUT2D eigenvalue weighted by atomic mass is 10.1. The largest absolute Gasteiger partial charge is 0.454 e. The molecule has 1 aromatic heterocycles. The number of carbonyl (C=O) groups is 1. The molecule has 2 aliphatic heterocycles. The summed E-state index contributed by atoms with van der Waals surface area (Å²) in [4.78, 5) is 12.3. The third-order valence-electron chi connectivity index (χ3n) is 4.12. The van der Waals surface area contributed by atoms with Crippen LogP contribution in [-0.4, -0.2) is 35.6 Å². The maximum absolute atomic E-state index is 12.3. The number of rotatable bonds is 3. The molecule has 8 heteroatoms. The van der Waals surface area contributed by atoms with Crippen LogP contribution >= 0.6 is 12.4 Å². The molecule has 1 fully saturated rings. The number of ether oxygens (including phenoxy) is 2. The van der Waals surface area contributed by atoms with Gasteiger partial charge in [0.05, 0.1) is 6.04 Å². The second-order valence-corrected chi connectivity index (χ2v) is 5.70. The molecule has 1 atom stereocenters. The third-order valence-corrected chi connectivity index (χ3v) is 4.12. The van der Waals surface area contributed by atoms with Gasteiger partial charge in [-0.1, -0.05) is 0 Å². The summed E-state index contributed by atoms with van der Waals surface area (Å²) in [7, 11) is 0. The molecule has 1 saturated heterocycles. The number of nitrogens with one attached hydrogen (secondary N) is 2. The number of carbonyl (C=O) groups excluding carboxylic acids is 1. The van der Waals surface area contributed by atoms with Crippen LogP contribution in [0.25, 0.3) is 0 Å². The second kappa shape index (κ2) is 7.11. The fourth-order valence-electron chi connectivity index (χ4n) is 2.89. The van der Waals surface area contributed by atoms with Crippen molar-refractivity contribution < 1.29 is 14.3 Å². The van der Waals surface area contributed by atoms with Crippen LogP contribution in [0.1, 0.15) is 29.4 Å². The Kier molecular flexibility index (Phi) is 4.92. The third kappa shape index (κ3) is 3.32. The first kappa shape index (κ1) is 16.6. The molecular weight excluding hydrogens is 332 g/mol. The topological polar surface area (TPSA) is 77.4 Å². The van der Waals surface area contributed by atoms with Crippen LogP contribution in [0, 0.1) is 0 Å². The van der Waals surface area contributed by atoms with E-state index in [1.165, 1.54) is 0 Å². The van der Waals surface area contributed by atoms with Gasteiger partial charge >= 0.3 is 0 Å². The Bertz CT molecular complexity index is 728. The Morgan fingerprint density at radius 3 is 3.00 bits per heavy atom. The smallest absolute Gasteiger partial charge is 0.276 e. The lowest BCUT2D eigenvalue weighted by Crippen LogP contribution is -2.32. The first-order chi connectivity index (χ1) is 11.3. The standard InChI is InChI=1S/C16H18N4O3.ClH/c21-16(18-11-3-4-14-15(8-11)23-10-22-14)13-5-7-20(19-13)12-2-1-6-17-9-12;/h3-5,7-8,12,17H,1-2,6,9-10H2,(H,18,21);1H. The van der Waals surface area contributed by atoms with Gasteiger partial charge in [-0.05, 0) is 37.6 Å². The average Bonchev–Trinajstić information content (AvgIpc) is 3.24. The molecule has 0 spiro atoms. The van der Waals surface area contributed by atoms with E-state index in [1.54, 1.807) is 24.3 Å². The molecule has 0 radical (unpaired) electrons. The number of hydrogen-bond donors (Lipinski definition) is 2. The molecular formula is C16H19ClN4O3. The van der Waals surface area contributed by atoms with E-state index in [-0.39, 0.29) is 25.1 Å². The average molecular weight is 351 g/mol. The summed E-state index contributed by atoms with van der Waals surface area (Å²) in [5, 5.41) is 10.6. The Balaban J connectivity index is 0.00000169. The monoisotopic (exact) mass is 350 g/mol. The van der Waals surface area contributed by atoms with Crippen molar-refractivity contribution in [2.75, 3.05) is 25.2 Å². The van der Waals surface area contributed by atoms with Crippen molar-refractivity contribution in [3.05, 3.63) is 36.2 Å². The minimum atomic E-state index is -0.230. The molecule has 1 amide bonds. The summed E-state index contributed by atoms with van der Waals surface area (Å²) >= 11 is 0. The zero-order valence-electron chi connectivity index (χ0n) is 13.0. The highest BCUT2D eigenvalue weighted by atomic mass is 35.5. The maximum atomic E-state index is 12.3. The number of piperidine rings is 1. The van der Waals surface area contributed by atoms with Crippen LogP contribution in [-0.2, 0) is 0 Å². The summed E-state index contributed by atoms with van der Waals surface area (Å²) in [6.07, 6.45) is 4.08. The minimum absolute atomic E-state index is 0. The van der Waals surface area contributed by atoms with Gasteiger partial charge < -0.3 is 20.1 Å². The molecule has 128 valence electrons. The fraction of sp³-hybridized carbons (Fsp3) is 0.375. The normalized spacial score (nSPS) is 18.8. The number of hydrogen-bond acceptors (Lipinski definition) is 5. The van der Waals surface area contributed by atoms with E-state index in [0.717, 1.165) is 25.9 Å². The zero-order chi connectivity index (χ0) is 15.6. The van der Waals surface area contributed by atoms with Crippen molar-refractivity contribution in [3.63, 3.8) is 0 Å². The number of fused-ring (bicyclic) bond motifs is 1. The van der Waals surface area contributed by atoms with E-state index in [2.05, 4.69) is 15.7 Å². The van der Waals surface area contributed by atoms with Crippen LogP contribution in [0.4, 0.5) is 5.69 Å². The highest BCUT2D eigenvalue weighted by molar-refractivity contribution is 6.02. The molecule has 2 aromatic rings. The van der Waals surface area contributed by atoms with Crippen LogP contribution in [0.15, 0.2) is 30.5 Å². The molecule has 2 N–H and O–H groups in total. The van der Waals surface area contributed by atoms with Crippen LogP contribution in [0.3, 0.4) is 0 Å². The van der Waals surface area contributed by atoms with E-state index < -0.39 is 0 Å². The van der Waals surface area contributed by atoms with Crippen LogP contribution in [0.2, 0.25) is 0 Å². The first-order valence-corrected chi connectivity index (χ1v) is 7.76. The number of amides is 1. The van der Waals surface area contributed by atoms with Gasteiger partial charge in [-0.3, -0.25) is 9.48 Å². The van der Waals surface area contributed by atoms with Gasteiger partial charge in [-0.15, -0.1) is 12.4 Å². The number of benzene rings is 1. The molecule has 2 aliphatic rings. The minimum Gasteiger partial charge on any atom is -0.454 e. The Morgan fingerprint density at radius 2 is 2.17 bits per heavy atom. The summed E-state index contributed by atoms with van der Waals surface area (Å²) in [5.41, 5.74) is 1.07. The van der Waals surface area contributed by atoms with Crippen molar-refractivity contribution >= 4 is 24.0 Å². The Hall–Kier alpha value is -2.25. The maximum Gasteiger partial charge on any atom is 0.276 e. The summed E-state index contributed by atoms with van der Waals surface area (Å²) in [5.74, 6) is 1.10. The van der Waals surface area contributed by atoms with Crippen molar-refractivity contribution in [1.82, 2.24) is 15.1 Å². The van der Waals surface area contributed by atoms with Gasteiger partial charge in [0.1, 0.15) is 0 Å². The summed E-state index contributed by atoms with van der Waals surface area (Å²) < 4.78 is 12.4. The highest BCUT2D eigenvalue weighted by Gasteiger charge is 2.19. The predicted octanol–water partition coefficient (Wildman–Crippen LogP) is 2.21. The van der Waals surface area contributed by atoms with Gasteiger partial charge in [0.15, 0.2) is 17.2 Å². The van der Waals surface area contributed by atoms with Crippen molar-refractivity contribution in [3.8, 4) is 11.5 Å². The predicted molar refractivity (Wildman–Crippen MR) is 91.1 cm³/mol. The molecule has 24 heavy (non-hydrogen) atoms. The van der Waals surface area contributed by atoms with Crippen molar-refractivity contribution in [1.29, 1.82) is 0 Å². The second-order valence-electron chi connectivity index (χ2n) is 5.70. The SMILES string of the molecule is Cl.O=C(Nc1ccc2c(c1)OCO2)c1ccn(C2CCCNC2)n1. The molecule has 0 aliphatic carbocycles. The molecule has 4 rings (SSSR count). The van der Waals surface area contributed by atoms with Crippen molar-refractivity contribution in [2.45, 2.75) is 18.9 Å². The number of anilines is 1. The quantitative estimate of drug-likeness (QED) is 0.887. The lowest BCUT2D eigenvalue weighted by molar-refractivity contribution is 0.102. The van der Waals surface area contributed by atoms with Gasteiger partial charge in [-0.25, -0.2) is 0 Å². The lowest BCUT2D eigenvalue weighted by Gasteiger charge is -2.22. The van der Waals surface area contributed by atoms with E-state index in [1.807, 2.05) is 10.9 Å². The Labute approximate surface area is 145 Å². The molecule has 3 heterocycles. The highest BCUT2D eigenvalue weighted by Crippen LogP contribution is 2.34. The van der Waals surface area contributed by atoms with Gasteiger partial charge in [0.25, 0.3) is 5.91 Å². The molecule has 0 saturated carbocycles. The zero-order valence-corrected chi connectivity index (χ0v) is 13.8. The van der Waals surface area contributed by atoms with Gasteiger partial charge in [0.2, 0.25) is 6.79 Å². The van der Waals surface area contributed by atoms with Crippen LogP contribution in [0.5, 0.6) is 11.5 Å². The van der Waals surface area contributed by atoms with E-state index in [4.69, 9.17) is 9.47 Å². The van der Waals surface area contributed by atoms with Gasteiger partial charge in [-0.2, -0.15) is 5.10 Å². The fourth-order valence-corrected chi connectivity index (χ4v) is 2.89. The molecule has 0 bridgehead atoms. The summed E-state index contributed by atoms with van der Waals surface area (Å²) in [6.45, 7) is 2.16. The van der Waals surface area contributed by atoms with E-state index >= 15 is 0 Å². The van der Waals surface area contributed by atoms with Gasteiger partial charge in [0, 0.05) is 24.5 Å². The van der Waals surface area contributed by atoms with Crippen LogP contribution < -0.4 is 20.1 Å². The summed E-state index contributed by atoms with van der Waals surface area (Å²) in [6, 6.07) is 7.38. The molecule has 1 aromatic carbocycles. The number of halogens is 1. The van der Waals surface area contributed by atoms with Crippen molar-refractivity contribution in [2.24, 2.45) is 0 Å². The first-order valence-electron chi connectivity index (χ1n) is 7.76. The molecule has 1 unspecified atom stereocenters. The number of aromatic nitrogens is 2. The Morgan fingerprint density at radius 1 is 1.29 bits per heavy atom. The van der Waals surface area contributed by atoms with E-state index in [0.29, 0.717) is 28.9 Å². The van der Waals surface area contributed by atoms with E-state index in [9.17, 15) is 4.79 Å². The number of nitrogens with zero attached hydrogens (tertiary/aromatic N) is 2. The molecule has 7 nitrogen and oxygen atoms in total.